The van der Waals surface area contributed by atoms with E-state index in [0.717, 1.165) is 6.54 Å². The van der Waals surface area contributed by atoms with Crippen LogP contribution in [0.4, 0.5) is 0 Å². The fourth-order valence-electron chi connectivity index (χ4n) is 1.31. The van der Waals surface area contributed by atoms with E-state index < -0.39 is 0 Å². The van der Waals surface area contributed by atoms with Crippen LogP contribution in [0.15, 0.2) is 12.2 Å². The maximum atomic E-state index is 2.51. The Kier molecular flexibility index (Phi) is 3.02. The van der Waals surface area contributed by atoms with Crippen LogP contribution in [0.5, 0.6) is 0 Å². The van der Waals surface area contributed by atoms with Crippen LogP contribution in [0.2, 0.25) is 0 Å². The van der Waals surface area contributed by atoms with Crippen LogP contribution in [0, 0.1) is 0 Å². The zero-order chi connectivity index (χ0) is 8.32. The van der Waals surface area contributed by atoms with E-state index in [1.165, 1.54) is 12.3 Å². The summed E-state index contributed by atoms with van der Waals surface area (Å²) in [5.41, 5.74) is 0. The van der Waals surface area contributed by atoms with E-state index in [0.29, 0.717) is 4.87 Å². The van der Waals surface area contributed by atoms with Crippen LogP contribution in [0.1, 0.15) is 20.8 Å². The molecule has 0 bridgehead atoms. The number of thioether (sulfide) groups is 1. The van der Waals surface area contributed by atoms with Crippen molar-refractivity contribution < 1.29 is 0 Å². The summed E-state index contributed by atoms with van der Waals surface area (Å²) in [7, 11) is 0. The third kappa shape index (κ3) is 2.24. The molecule has 0 aromatic heterocycles. The zero-order valence-electron chi connectivity index (χ0n) is 7.63. The first-order chi connectivity index (χ1) is 5.17. The number of hydrogen-bond acceptors (Lipinski definition) is 2. The quantitative estimate of drug-likeness (QED) is 0.587. The van der Waals surface area contributed by atoms with Crippen molar-refractivity contribution in [1.29, 1.82) is 0 Å². The second-order valence-electron chi connectivity index (χ2n) is 3.31. The molecule has 0 aliphatic carbocycles. The molecule has 1 fully saturated rings. The van der Waals surface area contributed by atoms with Gasteiger partial charge in [0.05, 0.1) is 4.87 Å². The van der Waals surface area contributed by atoms with Crippen LogP contribution in [0.25, 0.3) is 0 Å². The van der Waals surface area contributed by atoms with Crippen molar-refractivity contribution in [1.82, 2.24) is 4.90 Å². The second kappa shape index (κ2) is 3.63. The Morgan fingerprint density at radius 2 is 2.27 bits per heavy atom. The van der Waals surface area contributed by atoms with Crippen molar-refractivity contribution in [3.8, 4) is 0 Å². The van der Waals surface area contributed by atoms with Crippen molar-refractivity contribution >= 4 is 11.8 Å². The lowest BCUT2D eigenvalue weighted by atomic mass is 10.3. The van der Waals surface area contributed by atoms with Gasteiger partial charge in [-0.05, 0) is 20.8 Å². The lowest BCUT2D eigenvalue weighted by Crippen LogP contribution is -2.36. The average molecular weight is 171 g/mol. The van der Waals surface area contributed by atoms with Gasteiger partial charge in [0, 0.05) is 18.8 Å². The SMILES string of the molecule is C/C=C/CN1CCSC1(C)C. The topological polar surface area (TPSA) is 3.24 Å². The largest absolute Gasteiger partial charge is 0.285 e. The standard InChI is InChI=1S/C9H17NS/c1-4-5-6-10-7-8-11-9(10,2)3/h4-5H,6-8H2,1-3H3/b5-4+. The van der Waals surface area contributed by atoms with Gasteiger partial charge in [0.15, 0.2) is 0 Å². The van der Waals surface area contributed by atoms with Gasteiger partial charge in [-0.15, -0.1) is 11.8 Å². The summed E-state index contributed by atoms with van der Waals surface area (Å²) in [5, 5.41) is 0. The van der Waals surface area contributed by atoms with Gasteiger partial charge in [-0.1, -0.05) is 12.2 Å². The molecule has 1 aliphatic heterocycles. The highest BCUT2D eigenvalue weighted by Crippen LogP contribution is 2.34. The van der Waals surface area contributed by atoms with Crippen molar-refractivity contribution in [2.45, 2.75) is 25.6 Å². The molecule has 0 aromatic carbocycles. The molecule has 0 atom stereocenters. The maximum Gasteiger partial charge on any atom is 0.0616 e. The highest BCUT2D eigenvalue weighted by molar-refractivity contribution is 8.00. The first-order valence-corrected chi connectivity index (χ1v) is 5.15. The summed E-state index contributed by atoms with van der Waals surface area (Å²) in [6.07, 6.45) is 4.35. The van der Waals surface area contributed by atoms with Crippen LogP contribution >= 0.6 is 11.8 Å². The molecule has 0 saturated carbocycles. The lowest BCUT2D eigenvalue weighted by Gasteiger charge is -2.29. The second-order valence-corrected chi connectivity index (χ2v) is 5.01. The Bertz CT molecular complexity index is 152. The molecular formula is C9H17NS. The van der Waals surface area contributed by atoms with Gasteiger partial charge in [0.25, 0.3) is 0 Å². The molecule has 1 saturated heterocycles. The molecule has 1 nitrogen and oxygen atoms in total. The van der Waals surface area contributed by atoms with Crippen molar-refractivity contribution in [3.05, 3.63) is 12.2 Å². The maximum absolute atomic E-state index is 2.51. The summed E-state index contributed by atoms with van der Waals surface area (Å²) >= 11 is 2.05. The molecule has 0 radical (unpaired) electrons. The minimum absolute atomic E-state index is 0.361. The van der Waals surface area contributed by atoms with E-state index in [9.17, 15) is 0 Å². The van der Waals surface area contributed by atoms with E-state index in [-0.39, 0.29) is 0 Å². The first-order valence-electron chi connectivity index (χ1n) is 4.17. The van der Waals surface area contributed by atoms with E-state index in [4.69, 9.17) is 0 Å². The predicted octanol–water partition coefficient (Wildman–Crippen LogP) is 2.35. The van der Waals surface area contributed by atoms with E-state index >= 15 is 0 Å². The van der Waals surface area contributed by atoms with Crippen molar-refractivity contribution in [2.24, 2.45) is 0 Å². The van der Waals surface area contributed by atoms with Crippen molar-refractivity contribution in [3.63, 3.8) is 0 Å². The number of hydrogen-bond donors (Lipinski definition) is 0. The molecule has 0 unspecified atom stereocenters. The molecule has 0 spiro atoms. The highest BCUT2D eigenvalue weighted by atomic mass is 32.2. The molecule has 2 heteroatoms. The molecular weight excluding hydrogens is 154 g/mol. The molecule has 11 heavy (non-hydrogen) atoms. The normalized spacial score (nSPS) is 25.0. The highest BCUT2D eigenvalue weighted by Gasteiger charge is 2.31. The summed E-state index contributed by atoms with van der Waals surface area (Å²) < 4.78 is 0. The van der Waals surface area contributed by atoms with Gasteiger partial charge in [0.2, 0.25) is 0 Å². The van der Waals surface area contributed by atoms with Gasteiger partial charge in [-0.25, -0.2) is 0 Å². The first kappa shape index (κ1) is 9.14. The van der Waals surface area contributed by atoms with Crippen LogP contribution < -0.4 is 0 Å². The molecule has 0 aromatic rings. The van der Waals surface area contributed by atoms with Gasteiger partial charge in [-0.2, -0.15) is 0 Å². The minimum atomic E-state index is 0.361. The monoisotopic (exact) mass is 171 g/mol. The Morgan fingerprint density at radius 1 is 1.55 bits per heavy atom. The number of rotatable bonds is 2. The van der Waals surface area contributed by atoms with Gasteiger partial charge >= 0.3 is 0 Å². The summed E-state index contributed by atoms with van der Waals surface area (Å²) in [5.74, 6) is 1.28. The van der Waals surface area contributed by atoms with Gasteiger partial charge < -0.3 is 0 Å². The number of nitrogens with zero attached hydrogens (tertiary/aromatic N) is 1. The molecule has 1 rings (SSSR count). The van der Waals surface area contributed by atoms with Gasteiger partial charge in [0.1, 0.15) is 0 Å². The lowest BCUT2D eigenvalue weighted by molar-refractivity contribution is 0.249. The molecule has 1 heterocycles. The van der Waals surface area contributed by atoms with E-state index in [2.05, 4.69) is 49.6 Å². The van der Waals surface area contributed by atoms with Gasteiger partial charge in [-0.3, -0.25) is 4.90 Å². The fourth-order valence-corrected chi connectivity index (χ4v) is 2.47. The smallest absolute Gasteiger partial charge is 0.0616 e. The average Bonchev–Trinajstić information content (AvgIpc) is 2.25. The van der Waals surface area contributed by atoms with E-state index in [1.54, 1.807) is 0 Å². The van der Waals surface area contributed by atoms with Crippen LogP contribution in [-0.4, -0.2) is 28.6 Å². The Balaban J connectivity index is 2.44. The third-order valence-electron chi connectivity index (χ3n) is 2.14. The van der Waals surface area contributed by atoms with Crippen LogP contribution in [0.3, 0.4) is 0 Å². The molecule has 64 valence electrons. The summed E-state index contributed by atoms with van der Waals surface area (Å²) in [4.78, 5) is 2.87. The van der Waals surface area contributed by atoms with Crippen molar-refractivity contribution in [2.75, 3.05) is 18.8 Å². The minimum Gasteiger partial charge on any atom is -0.285 e. The summed E-state index contributed by atoms with van der Waals surface area (Å²) in [6, 6.07) is 0. The van der Waals surface area contributed by atoms with E-state index in [1.807, 2.05) is 0 Å². The van der Waals surface area contributed by atoms with Crippen LogP contribution in [-0.2, 0) is 0 Å². The Labute approximate surface area is 73.8 Å². The Morgan fingerprint density at radius 3 is 2.73 bits per heavy atom. The molecule has 0 N–H and O–H groups in total. The fraction of sp³-hybridized carbons (Fsp3) is 0.778. The third-order valence-corrected chi connectivity index (χ3v) is 3.49. The molecule has 1 aliphatic rings. The molecule has 0 amide bonds. The summed E-state index contributed by atoms with van der Waals surface area (Å²) in [6.45, 7) is 9.02. The predicted molar refractivity (Wildman–Crippen MR) is 52.9 cm³/mol. The Hall–Kier alpha value is 0.0500. The zero-order valence-corrected chi connectivity index (χ0v) is 8.45. The number of allylic oxidation sites excluding steroid dienone is 1.